The van der Waals surface area contributed by atoms with E-state index in [0.717, 1.165) is 0 Å². The van der Waals surface area contributed by atoms with Crippen LogP contribution in [-0.2, 0) is 0 Å². The van der Waals surface area contributed by atoms with Gasteiger partial charge in [0.1, 0.15) is 10.0 Å². The molecule has 0 amide bonds. The molecule has 1 aliphatic heterocycles. The minimum Gasteiger partial charge on any atom is -0.493 e. The van der Waals surface area contributed by atoms with Gasteiger partial charge in [0, 0.05) is 27.1 Å². The van der Waals surface area contributed by atoms with Gasteiger partial charge >= 0.3 is 5.97 Å². The summed E-state index contributed by atoms with van der Waals surface area (Å²) in [6.45, 7) is 0. The molecule has 0 unspecified atom stereocenters. The molecule has 11 heteroatoms. The molecule has 2 aromatic rings. The van der Waals surface area contributed by atoms with Crippen LogP contribution in [0.5, 0.6) is 5.75 Å². The van der Waals surface area contributed by atoms with Gasteiger partial charge in [-0.3, -0.25) is 4.79 Å². The molecule has 0 fully saturated rings. The van der Waals surface area contributed by atoms with Gasteiger partial charge in [-0.1, -0.05) is 69.6 Å². The fraction of sp³-hybridized carbons (Fsp3) is 0.0476. The van der Waals surface area contributed by atoms with Gasteiger partial charge in [-0.25, -0.2) is 4.79 Å². The van der Waals surface area contributed by atoms with Crippen molar-refractivity contribution in [2.45, 2.75) is 0 Å². The highest BCUT2D eigenvalue weighted by atomic mass is 35.5. The number of hydrogen-bond donors (Lipinski definition) is 1. The highest BCUT2D eigenvalue weighted by Crippen LogP contribution is 2.51. The number of carboxylic acids is 1. The zero-order valence-electron chi connectivity index (χ0n) is 15.7. The van der Waals surface area contributed by atoms with Gasteiger partial charge in [0.15, 0.2) is 17.1 Å². The Kier molecular flexibility index (Phi) is 6.18. The maximum atomic E-state index is 12.4. The predicted molar refractivity (Wildman–Crippen MR) is 128 cm³/mol. The summed E-state index contributed by atoms with van der Waals surface area (Å²) in [5.74, 6) is -1.31. The van der Waals surface area contributed by atoms with Gasteiger partial charge in [0.05, 0.1) is 27.7 Å². The quantitative estimate of drug-likeness (QED) is 0.259. The van der Waals surface area contributed by atoms with E-state index in [4.69, 9.17) is 78.8 Å². The molecular formula is C21H8Cl6O5. The number of carbonyl (C=O) groups is 1. The first-order valence-corrected chi connectivity index (χ1v) is 10.9. The number of carboxylic acid groups (broad SMARTS) is 1. The standard InChI is InChI=1S/C21H8Cl6O5/c1-31-20-11(25)5-7-12(13-8(22)2-3-9(23)14(13)21(29)30)6-4-10(24)17(28)15(26)18(6)32-19(7)16(20)27/h2-5H,1H3,(H,29,30). The lowest BCUT2D eigenvalue weighted by Gasteiger charge is -2.20. The molecule has 4 rings (SSSR count). The maximum absolute atomic E-state index is 12.4. The Hall–Kier alpha value is -1.86. The molecule has 32 heavy (non-hydrogen) atoms. The van der Waals surface area contributed by atoms with Crippen molar-refractivity contribution in [2.75, 3.05) is 7.11 Å². The van der Waals surface area contributed by atoms with Crippen LogP contribution in [0.1, 0.15) is 10.4 Å². The molecule has 1 heterocycles. The van der Waals surface area contributed by atoms with E-state index in [9.17, 15) is 14.7 Å². The first-order chi connectivity index (χ1) is 15.1. The molecule has 5 nitrogen and oxygen atoms in total. The number of halogens is 6. The largest absolute Gasteiger partial charge is 0.493 e. The van der Waals surface area contributed by atoms with Crippen LogP contribution in [0.25, 0.3) is 33.4 Å². The first-order valence-electron chi connectivity index (χ1n) is 8.60. The van der Waals surface area contributed by atoms with Gasteiger partial charge in [-0.15, -0.1) is 0 Å². The molecule has 0 bridgehead atoms. The lowest BCUT2D eigenvalue weighted by Crippen LogP contribution is -2.08. The molecule has 2 aromatic carbocycles. The molecule has 2 aliphatic rings. The lowest BCUT2D eigenvalue weighted by molar-refractivity contribution is 0.0698. The fourth-order valence-electron chi connectivity index (χ4n) is 3.45. The summed E-state index contributed by atoms with van der Waals surface area (Å²) < 4.78 is 11.1. The number of aromatic carboxylic acids is 1. The third-order valence-electron chi connectivity index (χ3n) is 4.78. The highest BCUT2D eigenvalue weighted by Gasteiger charge is 2.30. The number of fused-ring (bicyclic) bond motifs is 2. The van der Waals surface area contributed by atoms with Gasteiger partial charge < -0.3 is 14.3 Å². The second-order valence-corrected chi connectivity index (χ2v) is 8.91. The summed E-state index contributed by atoms with van der Waals surface area (Å²) in [4.78, 5) is 24.5. The van der Waals surface area contributed by atoms with Crippen molar-refractivity contribution in [3.8, 4) is 28.2 Å². The second-order valence-electron chi connectivity index (χ2n) is 6.52. The van der Waals surface area contributed by atoms with Crippen molar-refractivity contribution in [3.63, 3.8) is 0 Å². The Balaban J connectivity index is 2.39. The van der Waals surface area contributed by atoms with Gasteiger partial charge in [-0.05, 0) is 24.3 Å². The first kappa shape index (κ1) is 23.3. The smallest absolute Gasteiger partial charge is 0.337 e. The Morgan fingerprint density at radius 2 is 1.56 bits per heavy atom. The van der Waals surface area contributed by atoms with Crippen LogP contribution in [0.3, 0.4) is 0 Å². The van der Waals surface area contributed by atoms with Crippen LogP contribution in [0.4, 0.5) is 0 Å². The number of hydrogen-bond acceptors (Lipinski definition) is 4. The predicted octanol–water partition coefficient (Wildman–Crippen LogP) is 8.19. The van der Waals surface area contributed by atoms with Gasteiger partial charge in [0.2, 0.25) is 5.43 Å². The molecule has 1 N–H and O–H groups in total. The number of ether oxygens (including phenoxy) is 1. The number of rotatable bonds is 3. The Labute approximate surface area is 210 Å². The van der Waals surface area contributed by atoms with Crippen molar-refractivity contribution in [1.29, 1.82) is 0 Å². The van der Waals surface area contributed by atoms with Crippen molar-refractivity contribution in [2.24, 2.45) is 0 Å². The number of benzene rings is 3. The van der Waals surface area contributed by atoms with Crippen LogP contribution in [0, 0.1) is 0 Å². The normalized spacial score (nSPS) is 11.3. The summed E-state index contributed by atoms with van der Waals surface area (Å²) in [6.07, 6.45) is 0. The van der Waals surface area contributed by atoms with E-state index in [0.29, 0.717) is 0 Å². The molecule has 1 aliphatic carbocycles. The second kappa shape index (κ2) is 8.49. The molecule has 0 radical (unpaired) electrons. The SMILES string of the molecule is COc1c(Cl)cc2c(-c3c(Cl)ccc(Cl)c3C(=O)O)c3cc(Cl)c(=O)c(Cl)c-3oc2c1Cl. The summed E-state index contributed by atoms with van der Waals surface area (Å²) >= 11 is 37.9. The van der Waals surface area contributed by atoms with E-state index in [1.165, 1.54) is 31.4 Å². The summed E-state index contributed by atoms with van der Waals surface area (Å²) in [6, 6.07) is 5.56. The van der Waals surface area contributed by atoms with E-state index in [1.54, 1.807) is 0 Å². The Bertz CT molecular complexity index is 1480. The fourth-order valence-corrected chi connectivity index (χ4v) is 5.08. The Morgan fingerprint density at radius 1 is 0.906 bits per heavy atom. The molecule has 0 saturated carbocycles. The summed E-state index contributed by atoms with van der Waals surface area (Å²) in [7, 11) is 1.36. The third-order valence-corrected chi connectivity index (χ3v) is 6.66. The molecule has 0 atom stereocenters. The van der Waals surface area contributed by atoms with Crippen LogP contribution < -0.4 is 10.2 Å². The van der Waals surface area contributed by atoms with Crippen LogP contribution in [0.15, 0.2) is 33.5 Å². The topological polar surface area (TPSA) is 76.7 Å². The number of methoxy groups -OCH3 is 1. The molecule has 164 valence electrons. The van der Waals surface area contributed by atoms with E-state index in [-0.39, 0.29) is 74.9 Å². The zero-order valence-corrected chi connectivity index (χ0v) is 20.2. The zero-order chi connectivity index (χ0) is 23.5. The summed E-state index contributed by atoms with van der Waals surface area (Å²) in [5.41, 5.74) is -0.471. The molecule has 0 aromatic heterocycles. The minimum atomic E-state index is -1.34. The van der Waals surface area contributed by atoms with E-state index in [1.807, 2.05) is 0 Å². The highest BCUT2D eigenvalue weighted by molar-refractivity contribution is 6.43. The molecule has 0 spiro atoms. The van der Waals surface area contributed by atoms with Crippen LogP contribution >= 0.6 is 69.6 Å². The third kappa shape index (κ3) is 3.48. The summed E-state index contributed by atoms with van der Waals surface area (Å²) in [5, 5.41) is 9.70. The van der Waals surface area contributed by atoms with E-state index < -0.39 is 11.4 Å². The minimum absolute atomic E-state index is 0.0216. The van der Waals surface area contributed by atoms with Crippen molar-refractivity contribution < 1.29 is 19.1 Å². The van der Waals surface area contributed by atoms with Crippen molar-refractivity contribution >= 4 is 86.5 Å². The van der Waals surface area contributed by atoms with Crippen molar-refractivity contribution in [1.82, 2.24) is 0 Å². The van der Waals surface area contributed by atoms with E-state index in [2.05, 4.69) is 0 Å². The van der Waals surface area contributed by atoms with Gasteiger partial charge in [0.25, 0.3) is 0 Å². The Morgan fingerprint density at radius 3 is 2.19 bits per heavy atom. The monoisotopic (exact) mass is 550 g/mol. The molecular weight excluding hydrogens is 545 g/mol. The van der Waals surface area contributed by atoms with Crippen molar-refractivity contribution in [3.05, 3.63) is 70.2 Å². The maximum Gasteiger partial charge on any atom is 0.337 e. The van der Waals surface area contributed by atoms with Gasteiger partial charge in [-0.2, -0.15) is 0 Å². The van der Waals surface area contributed by atoms with E-state index >= 15 is 0 Å². The lowest BCUT2D eigenvalue weighted by atomic mass is 9.90. The molecule has 0 saturated heterocycles. The van der Waals surface area contributed by atoms with Crippen LogP contribution in [0.2, 0.25) is 30.1 Å². The van der Waals surface area contributed by atoms with Crippen LogP contribution in [-0.4, -0.2) is 18.2 Å². The average molecular weight is 553 g/mol. The average Bonchev–Trinajstić information content (AvgIpc) is 2.73.